The Labute approximate surface area is 128 Å². The van der Waals surface area contributed by atoms with Gasteiger partial charge in [-0.1, -0.05) is 17.7 Å². The molecule has 116 valence electrons. The lowest BCUT2D eigenvalue weighted by atomic mass is 10.1. The van der Waals surface area contributed by atoms with E-state index in [9.17, 15) is 14.7 Å². The summed E-state index contributed by atoms with van der Waals surface area (Å²) >= 11 is 5.87. The number of hydrogen-bond acceptors (Lipinski definition) is 3. The molecule has 0 aromatic heterocycles. The van der Waals surface area contributed by atoms with Gasteiger partial charge in [-0.15, -0.1) is 0 Å². The predicted octanol–water partition coefficient (Wildman–Crippen LogP) is -1.71. The number of carbonyl (C=O) groups excluding carboxylic acids is 2. The first-order valence-electron chi connectivity index (χ1n) is 6.83. The number of rotatable bonds is 8. The van der Waals surface area contributed by atoms with Gasteiger partial charge in [0, 0.05) is 17.1 Å². The molecule has 0 radical (unpaired) electrons. The van der Waals surface area contributed by atoms with Crippen LogP contribution in [0.25, 0.3) is 0 Å². The maximum Gasteiger partial charge on any atom is 0.230 e. The lowest BCUT2D eigenvalue weighted by Crippen LogP contribution is -2.93. The average molecular weight is 315 g/mol. The summed E-state index contributed by atoms with van der Waals surface area (Å²) in [5.74, 6) is -1.61. The van der Waals surface area contributed by atoms with Crippen LogP contribution in [0.5, 0.6) is 0 Å². The maximum atomic E-state index is 11.9. The van der Waals surface area contributed by atoms with Gasteiger partial charge in [0.1, 0.15) is 6.04 Å². The lowest BCUT2D eigenvalue weighted by molar-refractivity contribution is -0.684. The van der Waals surface area contributed by atoms with Crippen molar-refractivity contribution in [3.8, 4) is 0 Å². The second-order valence-electron chi connectivity index (χ2n) is 4.87. The van der Waals surface area contributed by atoms with E-state index in [1.54, 1.807) is 23.5 Å². The monoisotopic (exact) mass is 314 g/mol. The summed E-state index contributed by atoms with van der Waals surface area (Å²) < 4.78 is 0. The fourth-order valence-electron chi connectivity index (χ4n) is 1.86. The molecule has 0 heterocycles. The number of nitrogens with two attached hydrogens (primary N) is 1. The number of carboxylic acid groups (broad SMARTS) is 1. The summed E-state index contributed by atoms with van der Waals surface area (Å²) in [6.07, 6.45) is 0.643. The van der Waals surface area contributed by atoms with E-state index < -0.39 is 12.0 Å². The zero-order chi connectivity index (χ0) is 15.8. The number of carboxylic acids is 1. The predicted molar refractivity (Wildman–Crippen MR) is 77.4 cm³/mol. The Morgan fingerprint density at radius 3 is 2.81 bits per heavy atom. The molecule has 0 unspecified atom stereocenters. The summed E-state index contributed by atoms with van der Waals surface area (Å²) in [6.45, 7) is 3.17. The number of carbonyl (C=O) groups is 2. The van der Waals surface area contributed by atoms with Crippen LogP contribution in [0.4, 0.5) is 5.69 Å². The molecular weight excluding hydrogens is 294 g/mol. The van der Waals surface area contributed by atoms with Gasteiger partial charge < -0.3 is 26.3 Å². The maximum absolute atomic E-state index is 11.9. The van der Waals surface area contributed by atoms with Gasteiger partial charge in [0.15, 0.2) is 0 Å². The van der Waals surface area contributed by atoms with Crippen molar-refractivity contribution in [3.63, 3.8) is 0 Å². The average Bonchev–Trinajstić information content (AvgIpc) is 2.42. The fourth-order valence-corrected chi connectivity index (χ4v) is 2.03. The summed E-state index contributed by atoms with van der Waals surface area (Å²) in [4.78, 5) is 23.0. The minimum atomic E-state index is -1.24. The number of hydrogen-bond donors (Lipinski definition) is 3. The largest absolute Gasteiger partial charge is 0.544 e. The molecule has 1 rings (SSSR count). The summed E-state index contributed by atoms with van der Waals surface area (Å²) in [7, 11) is 0. The Kier molecular flexibility index (Phi) is 7.14. The minimum absolute atomic E-state index is 0.147. The highest BCUT2D eigenvalue weighted by Gasteiger charge is 2.18. The smallest absolute Gasteiger partial charge is 0.230 e. The molecule has 1 amide bonds. The summed E-state index contributed by atoms with van der Waals surface area (Å²) in [5.41, 5.74) is 5.13. The third-order valence-corrected chi connectivity index (χ3v) is 3.32. The van der Waals surface area contributed by atoms with Gasteiger partial charge in [-0.3, -0.25) is 4.79 Å². The van der Waals surface area contributed by atoms with Crippen molar-refractivity contribution in [2.75, 3.05) is 18.4 Å². The first-order valence-corrected chi connectivity index (χ1v) is 7.21. The molecule has 0 aliphatic rings. The number of halogens is 1. The van der Waals surface area contributed by atoms with Crippen molar-refractivity contribution < 1.29 is 25.7 Å². The van der Waals surface area contributed by atoms with E-state index in [2.05, 4.69) is 11.1 Å². The Bertz CT molecular complexity index is 508. The van der Waals surface area contributed by atoms with Crippen LogP contribution >= 0.6 is 11.6 Å². The first kappa shape index (κ1) is 17.4. The number of anilines is 1. The molecule has 6 nitrogen and oxygen atoms in total. The van der Waals surface area contributed by atoms with E-state index in [0.717, 1.165) is 18.5 Å². The highest BCUT2D eigenvalue weighted by Crippen LogP contribution is 2.20. The van der Waals surface area contributed by atoms with E-state index in [-0.39, 0.29) is 12.3 Å². The van der Waals surface area contributed by atoms with Gasteiger partial charge >= 0.3 is 0 Å². The summed E-state index contributed by atoms with van der Waals surface area (Å²) in [6, 6.07) is 4.25. The van der Waals surface area contributed by atoms with Crippen LogP contribution in [-0.2, 0) is 9.59 Å². The van der Waals surface area contributed by atoms with E-state index in [0.29, 0.717) is 17.3 Å². The number of benzene rings is 1. The summed E-state index contributed by atoms with van der Waals surface area (Å²) in [5, 5.41) is 15.8. The lowest BCUT2D eigenvalue weighted by Gasteiger charge is -2.16. The van der Waals surface area contributed by atoms with Gasteiger partial charge in [0.25, 0.3) is 0 Å². The number of aliphatic carboxylic acids is 1. The van der Waals surface area contributed by atoms with Crippen LogP contribution in [0, 0.1) is 6.92 Å². The Morgan fingerprint density at radius 2 is 2.19 bits per heavy atom. The van der Waals surface area contributed by atoms with Crippen LogP contribution in [0.3, 0.4) is 0 Å². The zero-order valence-electron chi connectivity index (χ0n) is 12.0. The molecule has 1 atom stereocenters. The van der Waals surface area contributed by atoms with Crippen molar-refractivity contribution >= 4 is 29.2 Å². The van der Waals surface area contributed by atoms with E-state index in [1.807, 2.05) is 6.92 Å². The quantitative estimate of drug-likeness (QED) is 0.496. The fraction of sp³-hybridized carbons (Fsp3) is 0.429. The second kappa shape index (κ2) is 8.61. The highest BCUT2D eigenvalue weighted by molar-refractivity contribution is 6.31. The normalized spacial score (nSPS) is 12.0. The SMILES string of the molecule is Cc1ccc(Cl)cc1NC(=O)C[C@@H]([NH2+]CCC[NH3+])C(=O)[O-]. The second-order valence-corrected chi connectivity index (χ2v) is 5.30. The van der Waals surface area contributed by atoms with Crippen molar-refractivity contribution in [2.45, 2.75) is 25.8 Å². The van der Waals surface area contributed by atoms with E-state index in [1.165, 1.54) is 0 Å². The molecule has 0 bridgehead atoms. The third kappa shape index (κ3) is 6.12. The van der Waals surface area contributed by atoms with Crippen LogP contribution in [0.2, 0.25) is 5.02 Å². The molecule has 0 saturated carbocycles. The number of quaternary nitrogens is 2. The Morgan fingerprint density at radius 1 is 1.48 bits per heavy atom. The highest BCUT2D eigenvalue weighted by atomic mass is 35.5. The standard InChI is InChI=1S/C14H20ClN3O3/c1-9-3-4-10(15)7-11(9)18-13(19)8-12(14(20)21)17-6-2-5-16/h3-4,7,12,17H,2,5-6,8,16H2,1H3,(H,18,19)(H,20,21)/p+1/t12-/m1/s1. The van der Waals surface area contributed by atoms with Crippen molar-refractivity contribution in [1.29, 1.82) is 0 Å². The van der Waals surface area contributed by atoms with Crippen LogP contribution in [0.15, 0.2) is 18.2 Å². The molecule has 1 aromatic carbocycles. The molecule has 0 aliphatic carbocycles. The van der Waals surface area contributed by atoms with Crippen LogP contribution < -0.4 is 21.5 Å². The topological polar surface area (TPSA) is 113 Å². The molecular formula is C14H21ClN3O3+. The molecule has 21 heavy (non-hydrogen) atoms. The molecule has 0 fully saturated rings. The van der Waals surface area contributed by atoms with Crippen molar-refractivity contribution in [2.24, 2.45) is 0 Å². The van der Waals surface area contributed by atoms with Gasteiger partial charge in [-0.2, -0.15) is 0 Å². The molecule has 0 saturated heterocycles. The number of nitrogens with one attached hydrogen (secondary N) is 1. The Balaban J connectivity index is 2.61. The molecule has 1 aromatic rings. The molecule has 7 heteroatoms. The van der Waals surface area contributed by atoms with Gasteiger partial charge in [-0.25, -0.2) is 0 Å². The van der Waals surface area contributed by atoms with Gasteiger partial charge in [0.2, 0.25) is 5.91 Å². The van der Waals surface area contributed by atoms with Crippen molar-refractivity contribution in [3.05, 3.63) is 28.8 Å². The van der Waals surface area contributed by atoms with Gasteiger partial charge in [0.05, 0.1) is 25.5 Å². The van der Waals surface area contributed by atoms with Crippen LogP contribution in [0.1, 0.15) is 18.4 Å². The first-order chi connectivity index (χ1) is 9.93. The molecule has 6 N–H and O–H groups in total. The van der Waals surface area contributed by atoms with Gasteiger partial charge in [-0.05, 0) is 24.6 Å². The Hall–Kier alpha value is -1.63. The van der Waals surface area contributed by atoms with E-state index >= 15 is 0 Å². The van der Waals surface area contributed by atoms with E-state index in [4.69, 9.17) is 11.6 Å². The molecule has 0 aliphatic heterocycles. The number of aryl methyl sites for hydroxylation is 1. The minimum Gasteiger partial charge on any atom is -0.544 e. The number of amides is 1. The molecule has 0 spiro atoms. The zero-order valence-corrected chi connectivity index (χ0v) is 12.8. The van der Waals surface area contributed by atoms with Crippen molar-refractivity contribution in [1.82, 2.24) is 0 Å². The third-order valence-electron chi connectivity index (χ3n) is 3.09. The van der Waals surface area contributed by atoms with Crippen LogP contribution in [-0.4, -0.2) is 31.0 Å².